The largest absolute Gasteiger partial charge is 0.480 e. The quantitative estimate of drug-likeness (QED) is 0.602. The maximum atomic E-state index is 10.6. The molecule has 0 unspecified atom stereocenters. The van der Waals surface area contributed by atoms with Gasteiger partial charge in [0.15, 0.2) is 0 Å². The fraction of sp³-hybridized carbons (Fsp3) is 0.750. The van der Waals surface area contributed by atoms with Crippen LogP contribution < -0.4 is 0 Å². The van der Waals surface area contributed by atoms with Crippen LogP contribution >= 0.6 is 0 Å². The van der Waals surface area contributed by atoms with Crippen molar-refractivity contribution in [1.29, 1.82) is 0 Å². The number of nitrogens with zero attached hydrogens (tertiary/aromatic N) is 1. The Hall–Kier alpha value is -1.06. The molecule has 70 valence electrons. The average molecular weight is 173 g/mol. The molecule has 0 aromatic heterocycles. The van der Waals surface area contributed by atoms with Gasteiger partial charge in [-0.3, -0.25) is 4.79 Å². The third-order valence-electron chi connectivity index (χ3n) is 1.77. The number of unbranched alkanes of at least 4 members (excludes halogenated alkanes) is 1. The molecule has 0 saturated heterocycles. The first-order valence-corrected chi connectivity index (χ1v) is 4.03. The van der Waals surface area contributed by atoms with E-state index < -0.39 is 12.0 Å². The van der Waals surface area contributed by atoms with E-state index >= 15 is 0 Å². The first-order valence-electron chi connectivity index (χ1n) is 4.03. The lowest BCUT2D eigenvalue weighted by molar-refractivity contribution is -0.145. The molecule has 12 heavy (non-hydrogen) atoms. The number of carbonyl (C=O) groups excluding carboxylic acids is 1. The molecule has 0 rings (SSSR count). The number of carboxylic acid groups (broad SMARTS) is 1. The Balaban J connectivity index is 4.03. The second kappa shape index (κ2) is 5.57. The van der Waals surface area contributed by atoms with Crippen molar-refractivity contribution in [2.75, 3.05) is 7.05 Å². The third kappa shape index (κ3) is 3.37. The Morgan fingerprint density at radius 3 is 2.58 bits per heavy atom. The van der Waals surface area contributed by atoms with Crippen molar-refractivity contribution in [3.05, 3.63) is 0 Å². The molecule has 0 aliphatic rings. The summed E-state index contributed by atoms with van der Waals surface area (Å²) in [7, 11) is 1.49. The minimum absolute atomic E-state index is 0.529. The molecular weight excluding hydrogens is 158 g/mol. The summed E-state index contributed by atoms with van der Waals surface area (Å²) >= 11 is 0. The number of carbonyl (C=O) groups is 2. The van der Waals surface area contributed by atoms with Crippen molar-refractivity contribution in [1.82, 2.24) is 4.90 Å². The molecule has 0 heterocycles. The number of aliphatic carboxylic acids is 1. The van der Waals surface area contributed by atoms with Gasteiger partial charge in [0, 0.05) is 7.05 Å². The number of hydrogen-bond acceptors (Lipinski definition) is 2. The van der Waals surface area contributed by atoms with Gasteiger partial charge in [0.25, 0.3) is 0 Å². The molecule has 0 aromatic carbocycles. The molecule has 0 aliphatic heterocycles. The predicted octanol–water partition coefficient (Wildman–Crippen LogP) is 0.718. The van der Waals surface area contributed by atoms with Crippen molar-refractivity contribution < 1.29 is 14.7 Å². The van der Waals surface area contributed by atoms with E-state index in [1.165, 1.54) is 11.9 Å². The van der Waals surface area contributed by atoms with Crippen LogP contribution in [-0.2, 0) is 9.59 Å². The van der Waals surface area contributed by atoms with Crippen molar-refractivity contribution in [2.24, 2.45) is 0 Å². The monoisotopic (exact) mass is 173 g/mol. The highest BCUT2D eigenvalue weighted by atomic mass is 16.4. The molecule has 4 heteroatoms. The molecular formula is C8H15NO3. The van der Waals surface area contributed by atoms with Crippen LogP contribution in [0.25, 0.3) is 0 Å². The molecule has 4 nitrogen and oxygen atoms in total. The number of amides is 1. The zero-order valence-corrected chi connectivity index (χ0v) is 7.49. The van der Waals surface area contributed by atoms with Crippen LogP contribution in [0.1, 0.15) is 26.2 Å². The van der Waals surface area contributed by atoms with Gasteiger partial charge in [0.05, 0.1) is 0 Å². The van der Waals surface area contributed by atoms with E-state index in [1.807, 2.05) is 6.92 Å². The Kier molecular flexibility index (Phi) is 5.08. The standard InChI is InChI=1S/C8H15NO3/c1-3-4-5-7(8(11)12)9(2)6-10/h6-7H,3-5H2,1-2H3,(H,11,12)/t7-/m0/s1. The molecule has 1 N–H and O–H groups in total. The zero-order chi connectivity index (χ0) is 9.56. The smallest absolute Gasteiger partial charge is 0.326 e. The number of carboxylic acids is 1. The SMILES string of the molecule is CCCC[C@@H](C(=O)O)N(C)C=O. The number of hydrogen-bond donors (Lipinski definition) is 1. The molecule has 0 aliphatic carbocycles. The van der Waals surface area contributed by atoms with Crippen molar-refractivity contribution in [3.63, 3.8) is 0 Å². The van der Waals surface area contributed by atoms with E-state index in [9.17, 15) is 9.59 Å². The van der Waals surface area contributed by atoms with Crippen molar-refractivity contribution in [3.8, 4) is 0 Å². The Morgan fingerprint density at radius 2 is 2.25 bits per heavy atom. The van der Waals surface area contributed by atoms with Crippen LogP contribution in [0.2, 0.25) is 0 Å². The summed E-state index contributed by atoms with van der Waals surface area (Å²) in [6.07, 6.45) is 2.85. The summed E-state index contributed by atoms with van der Waals surface area (Å²) in [6.45, 7) is 1.99. The highest BCUT2D eigenvalue weighted by molar-refractivity contribution is 5.76. The maximum absolute atomic E-state index is 10.6. The summed E-state index contributed by atoms with van der Waals surface area (Å²) in [5.41, 5.74) is 0. The van der Waals surface area contributed by atoms with Crippen LogP contribution in [0.5, 0.6) is 0 Å². The fourth-order valence-corrected chi connectivity index (χ4v) is 0.972. The average Bonchev–Trinajstić information content (AvgIpc) is 2.04. The highest BCUT2D eigenvalue weighted by Gasteiger charge is 2.20. The molecule has 0 spiro atoms. The van der Waals surface area contributed by atoms with Crippen molar-refractivity contribution >= 4 is 12.4 Å². The van der Waals surface area contributed by atoms with E-state index in [2.05, 4.69) is 0 Å². The zero-order valence-electron chi connectivity index (χ0n) is 7.49. The van der Waals surface area contributed by atoms with Gasteiger partial charge in [-0.2, -0.15) is 0 Å². The first kappa shape index (κ1) is 10.9. The summed E-state index contributed by atoms with van der Waals surface area (Å²) in [5.74, 6) is -0.932. The van der Waals surface area contributed by atoms with Gasteiger partial charge in [0.1, 0.15) is 6.04 Å². The molecule has 0 saturated carbocycles. The Morgan fingerprint density at radius 1 is 1.67 bits per heavy atom. The predicted molar refractivity (Wildman–Crippen MR) is 44.8 cm³/mol. The van der Waals surface area contributed by atoms with Crippen LogP contribution in [0.4, 0.5) is 0 Å². The van der Waals surface area contributed by atoms with E-state index in [0.29, 0.717) is 12.8 Å². The van der Waals surface area contributed by atoms with Gasteiger partial charge in [-0.05, 0) is 6.42 Å². The molecule has 1 amide bonds. The van der Waals surface area contributed by atoms with Gasteiger partial charge in [-0.1, -0.05) is 19.8 Å². The second-order valence-corrected chi connectivity index (χ2v) is 2.77. The molecule has 0 radical (unpaired) electrons. The van der Waals surface area contributed by atoms with E-state index in [0.717, 1.165) is 12.8 Å². The van der Waals surface area contributed by atoms with Crippen LogP contribution in [0.15, 0.2) is 0 Å². The normalized spacial score (nSPS) is 12.2. The highest BCUT2D eigenvalue weighted by Crippen LogP contribution is 2.05. The lowest BCUT2D eigenvalue weighted by Crippen LogP contribution is -2.37. The first-order chi connectivity index (χ1) is 5.63. The second-order valence-electron chi connectivity index (χ2n) is 2.77. The van der Waals surface area contributed by atoms with Crippen LogP contribution in [-0.4, -0.2) is 35.5 Å². The van der Waals surface area contributed by atoms with Gasteiger partial charge < -0.3 is 10.0 Å². The van der Waals surface area contributed by atoms with Gasteiger partial charge in [0.2, 0.25) is 6.41 Å². The summed E-state index contributed by atoms with van der Waals surface area (Å²) in [5, 5.41) is 8.70. The molecule has 0 fully saturated rings. The van der Waals surface area contributed by atoms with E-state index in [-0.39, 0.29) is 0 Å². The van der Waals surface area contributed by atoms with Crippen LogP contribution in [0.3, 0.4) is 0 Å². The summed E-state index contributed by atoms with van der Waals surface area (Å²) < 4.78 is 0. The molecule has 0 bridgehead atoms. The lowest BCUT2D eigenvalue weighted by Gasteiger charge is -2.19. The summed E-state index contributed by atoms with van der Waals surface area (Å²) in [6, 6.07) is -0.664. The minimum atomic E-state index is -0.932. The number of rotatable bonds is 6. The van der Waals surface area contributed by atoms with E-state index in [4.69, 9.17) is 5.11 Å². The Labute approximate surface area is 72.2 Å². The van der Waals surface area contributed by atoms with Gasteiger partial charge >= 0.3 is 5.97 Å². The van der Waals surface area contributed by atoms with E-state index in [1.54, 1.807) is 0 Å². The Bertz CT molecular complexity index is 158. The van der Waals surface area contributed by atoms with Crippen LogP contribution in [0, 0.1) is 0 Å². The minimum Gasteiger partial charge on any atom is -0.480 e. The molecule has 0 aromatic rings. The van der Waals surface area contributed by atoms with Gasteiger partial charge in [-0.25, -0.2) is 4.79 Å². The third-order valence-corrected chi connectivity index (χ3v) is 1.77. The van der Waals surface area contributed by atoms with Gasteiger partial charge in [-0.15, -0.1) is 0 Å². The topological polar surface area (TPSA) is 57.6 Å². The summed E-state index contributed by atoms with van der Waals surface area (Å²) in [4.78, 5) is 22.1. The fourth-order valence-electron chi connectivity index (χ4n) is 0.972. The van der Waals surface area contributed by atoms with Crippen molar-refractivity contribution in [2.45, 2.75) is 32.2 Å². The number of likely N-dealkylation sites (N-methyl/N-ethyl adjacent to an activating group) is 1. The maximum Gasteiger partial charge on any atom is 0.326 e. The lowest BCUT2D eigenvalue weighted by atomic mass is 10.1. The molecule has 1 atom stereocenters.